The lowest BCUT2D eigenvalue weighted by Crippen LogP contribution is -2.12. The number of hydrogen-bond acceptors (Lipinski definition) is 2. The molecule has 4 heteroatoms. The molecule has 0 amide bonds. The van der Waals surface area contributed by atoms with Crippen molar-refractivity contribution in [3.05, 3.63) is 496 Å². The van der Waals surface area contributed by atoms with Crippen LogP contribution < -0.4 is 9.80 Å². The number of rotatable bonds is 14. The number of aryl methyl sites for hydroxylation is 2. The van der Waals surface area contributed by atoms with E-state index in [0.717, 1.165) is 45.5 Å². The molecule has 0 aliphatic carbocycles. The molecule has 4 nitrogen and oxygen atoms in total. The van der Waals surface area contributed by atoms with Crippen LogP contribution in [0.4, 0.5) is 34.1 Å². The second-order valence-corrected chi connectivity index (χ2v) is 34.1. The SMILES string of the molecule is Cc1cc(N(c2ccc(-c3c4ccccc4c(-c4ccccc4)c4ccccc34)cc2)c2ccc3c(c2)c2ccccc2n3-c2ccccc2)c(C)cc1-c1cccc2ccccc12.c1ccc(-c2c3ccccc3c(-c3ccc(N(c4ccc5c(c4)c4ccccc4n5-c4ccccc4)c4ccc(-c5cccc6ccccc56)c5ccccc45)cc3)c3ccccc23)cc1. The van der Waals surface area contributed by atoms with Gasteiger partial charge in [-0.2, -0.15) is 0 Å². The summed E-state index contributed by atoms with van der Waals surface area (Å²) in [7, 11) is 0. The zero-order valence-electron chi connectivity index (χ0n) is 72.0. The minimum atomic E-state index is 1.09. The van der Waals surface area contributed by atoms with Gasteiger partial charge in [-0.15, -0.1) is 0 Å². The molecule has 0 unspecified atom stereocenters. The molecule has 0 atom stereocenters. The van der Waals surface area contributed by atoms with Crippen molar-refractivity contribution in [3.8, 4) is 78.1 Å². The minimum absolute atomic E-state index is 1.09. The minimum Gasteiger partial charge on any atom is -0.310 e. The van der Waals surface area contributed by atoms with Gasteiger partial charge in [0.1, 0.15) is 0 Å². The standard InChI is InChI=1S/C64H42N2.C62H44N2/c1-3-19-44(20-4-1)63-55-28-11-13-30-57(55)64(58-31-14-12-29-56(58)63)45-34-36-47(37-35-45)65(48-38-40-62-59(42-48)54-27-15-16-33-60(54)66(62)46-22-5-2-6-23-46)61-41-39-52(51-25-9-10-26-53(51)61)50-32-17-21-43-18-7-8-24-49(43)50;1-41-39-60(42(2)38-56(41)50-30-17-21-43-18-9-10-24-49(43)50)63(48-36-37-59-57(40-48)51-25-15-16-31-58(51)64(59)46-22-7-4-8-23-46)47-34-32-45(33-35-47)62-54-28-13-11-26-52(54)61(44-19-5-3-6-20-44)53-27-12-14-29-55(53)62/h1-42H;3-40H,1-2H3. The van der Waals surface area contributed by atoms with E-state index in [-0.39, 0.29) is 0 Å². The quantitative estimate of drug-likeness (QED) is 0.101. The van der Waals surface area contributed by atoms with Gasteiger partial charge in [0.2, 0.25) is 0 Å². The smallest absolute Gasteiger partial charge is 0.0542 e. The first-order valence-corrected chi connectivity index (χ1v) is 44.9. The average Bonchev–Trinajstić information content (AvgIpc) is 1.74. The number of aromatic nitrogens is 2. The van der Waals surface area contributed by atoms with E-state index in [9.17, 15) is 0 Å². The highest BCUT2D eigenvalue weighted by Gasteiger charge is 2.27. The highest BCUT2D eigenvalue weighted by atomic mass is 15.2. The lowest BCUT2D eigenvalue weighted by atomic mass is 9.86. The molecule has 0 N–H and O–H groups in total. The molecule has 0 bridgehead atoms. The van der Waals surface area contributed by atoms with E-state index in [4.69, 9.17) is 0 Å². The van der Waals surface area contributed by atoms with Crippen LogP contribution in [0.15, 0.2) is 485 Å². The summed E-state index contributed by atoms with van der Waals surface area (Å²) in [5, 5.41) is 22.3. The van der Waals surface area contributed by atoms with Crippen LogP contribution in [-0.4, -0.2) is 9.13 Å². The summed E-state index contributed by atoms with van der Waals surface area (Å²) in [5.74, 6) is 0. The van der Waals surface area contributed by atoms with Crippen LogP contribution in [-0.2, 0) is 0 Å². The molecule has 0 saturated heterocycles. The van der Waals surface area contributed by atoms with E-state index >= 15 is 0 Å². The normalized spacial score (nSPS) is 11.6. The Balaban J connectivity index is 0.000000144. The predicted molar refractivity (Wildman–Crippen MR) is 556 cm³/mol. The van der Waals surface area contributed by atoms with Gasteiger partial charge in [0.05, 0.1) is 27.8 Å². The first kappa shape index (κ1) is 76.7. The maximum absolute atomic E-state index is 2.46. The summed E-state index contributed by atoms with van der Waals surface area (Å²) in [6.45, 7) is 4.52. The molecule has 25 rings (SSSR count). The Hall–Kier alpha value is -16.9. The molecule has 0 fully saturated rings. The molecular weight excluding hydrogens is 1570 g/mol. The van der Waals surface area contributed by atoms with Gasteiger partial charge in [-0.1, -0.05) is 370 Å². The Bertz CT molecular complexity index is 8610. The highest BCUT2D eigenvalue weighted by molar-refractivity contribution is 6.24. The van der Waals surface area contributed by atoms with Crippen molar-refractivity contribution in [2.75, 3.05) is 9.80 Å². The molecule has 23 aromatic carbocycles. The van der Waals surface area contributed by atoms with E-state index < -0.39 is 0 Å². The number of anilines is 6. The molecule has 0 radical (unpaired) electrons. The number of fused-ring (bicyclic) bond motifs is 13. The zero-order chi connectivity index (χ0) is 86.3. The summed E-state index contributed by atoms with van der Waals surface area (Å²) in [6, 6.07) is 178. The first-order valence-electron chi connectivity index (χ1n) is 44.9. The fourth-order valence-corrected chi connectivity index (χ4v) is 21.0. The molecule has 25 aromatic rings. The van der Waals surface area contributed by atoms with Gasteiger partial charge in [-0.05, 0) is 277 Å². The van der Waals surface area contributed by atoms with Crippen LogP contribution in [0.25, 0.3) is 197 Å². The predicted octanol–water partition coefficient (Wildman–Crippen LogP) is 35.2. The van der Waals surface area contributed by atoms with Crippen molar-refractivity contribution in [2.24, 2.45) is 0 Å². The molecule has 0 aliphatic rings. The van der Waals surface area contributed by atoms with Crippen molar-refractivity contribution < 1.29 is 0 Å². The van der Waals surface area contributed by atoms with Crippen molar-refractivity contribution in [1.29, 1.82) is 0 Å². The van der Waals surface area contributed by atoms with Gasteiger partial charge in [-0.3, -0.25) is 0 Å². The van der Waals surface area contributed by atoms with Crippen LogP contribution in [0.3, 0.4) is 0 Å². The second kappa shape index (κ2) is 32.2. The lowest BCUT2D eigenvalue weighted by molar-refractivity contribution is 1.18. The molecule has 0 aliphatic heterocycles. The Morgan fingerprint density at radius 3 is 0.862 bits per heavy atom. The Morgan fingerprint density at radius 2 is 0.454 bits per heavy atom. The lowest BCUT2D eigenvalue weighted by Gasteiger charge is -2.29. The summed E-state index contributed by atoms with van der Waals surface area (Å²) in [4.78, 5) is 4.92. The summed E-state index contributed by atoms with van der Waals surface area (Å²) in [6.07, 6.45) is 0. The van der Waals surface area contributed by atoms with Gasteiger partial charge in [0, 0.05) is 66.7 Å². The molecule has 2 heterocycles. The Morgan fingerprint density at radius 1 is 0.162 bits per heavy atom. The molecule has 2 aromatic heterocycles. The third-order valence-electron chi connectivity index (χ3n) is 26.8. The van der Waals surface area contributed by atoms with Crippen molar-refractivity contribution in [3.63, 3.8) is 0 Å². The zero-order valence-corrected chi connectivity index (χ0v) is 72.0. The molecule has 0 saturated carbocycles. The Labute approximate surface area is 755 Å². The highest BCUT2D eigenvalue weighted by Crippen LogP contribution is 2.52. The third kappa shape index (κ3) is 13.1. The van der Waals surface area contributed by atoms with Gasteiger partial charge in [0.15, 0.2) is 0 Å². The van der Waals surface area contributed by atoms with E-state index in [0.29, 0.717) is 0 Å². The fourth-order valence-electron chi connectivity index (χ4n) is 21.0. The molecule has 130 heavy (non-hydrogen) atoms. The van der Waals surface area contributed by atoms with Crippen LogP contribution >= 0.6 is 0 Å². The third-order valence-corrected chi connectivity index (χ3v) is 26.8. The van der Waals surface area contributed by atoms with Crippen LogP contribution in [0.5, 0.6) is 0 Å². The van der Waals surface area contributed by atoms with Gasteiger partial charge in [-0.25, -0.2) is 0 Å². The van der Waals surface area contributed by atoms with Crippen LogP contribution in [0, 0.1) is 13.8 Å². The van der Waals surface area contributed by atoms with Gasteiger partial charge in [0.25, 0.3) is 0 Å². The van der Waals surface area contributed by atoms with E-state index in [1.54, 1.807) is 0 Å². The topological polar surface area (TPSA) is 16.3 Å². The number of benzene rings is 23. The van der Waals surface area contributed by atoms with Gasteiger partial charge >= 0.3 is 0 Å². The molecular formula is C126H86N4. The average molecular weight is 1660 g/mol. The van der Waals surface area contributed by atoms with Crippen molar-refractivity contribution in [1.82, 2.24) is 9.13 Å². The van der Waals surface area contributed by atoms with E-state index in [2.05, 4.69) is 518 Å². The Kier molecular flexibility index (Phi) is 19.0. The first-order chi connectivity index (χ1) is 64.4. The molecule has 610 valence electrons. The monoisotopic (exact) mass is 1650 g/mol. The fraction of sp³-hybridized carbons (Fsp3) is 0.0159. The van der Waals surface area contributed by atoms with Crippen molar-refractivity contribution >= 4 is 153 Å². The van der Waals surface area contributed by atoms with E-state index in [1.165, 1.54) is 197 Å². The van der Waals surface area contributed by atoms with Crippen molar-refractivity contribution in [2.45, 2.75) is 13.8 Å². The number of para-hydroxylation sites is 4. The maximum atomic E-state index is 2.46. The van der Waals surface area contributed by atoms with Crippen LogP contribution in [0.2, 0.25) is 0 Å². The number of hydrogen-bond donors (Lipinski definition) is 0. The van der Waals surface area contributed by atoms with Crippen LogP contribution in [0.1, 0.15) is 11.1 Å². The maximum Gasteiger partial charge on any atom is 0.0542 e. The van der Waals surface area contributed by atoms with E-state index in [1.807, 2.05) is 0 Å². The summed E-state index contributed by atoms with van der Waals surface area (Å²) in [5.41, 5.74) is 31.0. The largest absolute Gasteiger partial charge is 0.310 e. The summed E-state index contributed by atoms with van der Waals surface area (Å²) < 4.78 is 4.78. The molecule has 0 spiro atoms. The second-order valence-electron chi connectivity index (χ2n) is 34.1. The summed E-state index contributed by atoms with van der Waals surface area (Å²) >= 11 is 0. The number of nitrogens with zero attached hydrogens (tertiary/aromatic N) is 4. The van der Waals surface area contributed by atoms with Gasteiger partial charge < -0.3 is 18.9 Å².